The number of rotatable bonds is 4. The lowest BCUT2D eigenvalue weighted by molar-refractivity contribution is 0.102. The summed E-state index contributed by atoms with van der Waals surface area (Å²) in [7, 11) is 0. The molecule has 1 N–H and O–H groups in total. The van der Waals surface area contributed by atoms with Crippen molar-refractivity contribution in [1.82, 2.24) is 14.5 Å². The number of nitrogens with zero attached hydrogens (tertiary/aromatic N) is 4. The predicted molar refractivity (Wildman–Crippen MR) is 131 cm³/mol. The standard InChI is InChI=1S/C24H17Cl2F2N5O2/c25-16-4-3-5-17(26)20(16)31-24(35)15-12-33(23-18(28)10-13(27)11-29-23)22-14(21(15)34)6-7-19(30-22)32-8-1-2-9-32/h3-7,10-12H,1-2,8-9H2,(H,31,35). The van der Waals surface area contributed by atoms with Gasteiger partial charge in [-0.05, 0) is 37.1 Å². The summed E-state index contributed by atoms with van der Waals surface area (Å²) in [6.07, 6.45) is 3.99. The number of fused-ring (bicyclic) bond motifs is 1. The highest BCUT2D eigenvalue weighted by molar-refractivity contribution is 6.40. The minimum absolute atomic E-state index is 0.0661. The van der Waals surface area contributed by atoms with E-state index in [0.29, 0.717) is 11.9 Å². The van der Waals surface area contributed by atoms with Crippen LogP contribution in [-0.4, -0.2) is 33.5 Å². The molecule has 1 aliphatic heterocycles. The summed E-state index contributed by atoms with van der Waals surface area (Å²) >= 11 is 12.3. The molecule has 0 spiro atoms. The van der Waals surface area contributed by atoms with Crippen molar-refractivity contribution in [3.8, 4) is 5.82 Å². The Balaban J connectivity index is 1.71. The van der Waals surface area contributed by atoms with Gasteiger partial charge < -0.3 is 10.2 Å². The number of benzene rings is 1. The first-order chi connectivity index (χ1) is 16.8. The van der Waals surface area contributed by atoms with Gasteiger partial charge in [0.1, 0.15) is 17.2 Å². The summed E-state index contributed by atoms with van der Waals surface area (Å²) in [6.45, 7) is 1.59. The van der Waals surface area contributed by atoms with Gasteiger partial charge in [0.05, 0.1) is 27.3 Å². The van der Waals surface area contributed by atoms with E-state index in [1.165, 1.54) is 22.8 Å². The van der Waals surface area contributed by atoms with Gasteiger partial charge in [-0.1, -0.05) is 29.3 Å². The van der Waals surface area contributed by atoms with Crippen molar-refractivity contribution in [3.63, 3.8) is 0 Å². The maximum atomic E-state index is 14.8. The third-order valence-electron chi connectivity index (χ3n) is 5.73. The summed E-state index contributed by atoms with van der Waals surface area (Å²) < 4.78 is 29.5. The van der Waals surface area contributed by atoms with Crippen LogP contribution in [0.15, 0.2) is 53.6 Å². The Kier molecular flexibility index (Phi) is 6.12. The Morgan fingerprint density at radius 1 is 1.06 bits per heavy atom. The largest absolute Gasteiger partial charge is 0.357 e. The highest BCUT2D eigenvalue weighted by Gasteiger charge is 2.22. The number of carbonyl (C=O) groups excluding carboxylic acids is 1. The van der Waals surface area contributed by atoms with Gasteiger partial charge in [-0.15, -0.1) is 0 Å². The van der Waals surface area contributed by atoms with Crippen molar-refractivity contribution in [2.45, 2.75) is 12.8 Å². The molecule has 0 saturated carbocycles. The van der Waals surface area contributed by atoms with Gasteiger partial charge in [-0.2, -0.15) is 0 Å². The molecule has 5 rings (SSSR count). The molecule has 0 radical (unpaired) electrons. The number of nitrogens with one attached hydrogen (secondary N) is 1. The van der Waals surface area contributed by atoms with Crippen molar-refractivity contribution in [2.24, 2.45) is 0 Å². The van der Waals surface area contributed by atoms with Crippen molar-refractivity contribution < 1.29 is 13.6 Å². The van der Waals surface area contributed by atoms with Crippen LogP contribution in [0.4, 0.5) is 20.3 Å². The maximum absolute atomic E-state index is 14.8. The first-order valence-electron chi connectivity index (χ1n) is 10.7. The number of amides is 1. The highest BCUT2D eigenvalue weighted by atomic mass is 35.5. The van der Waals surface area contributed by atoms with E-state index in [9.17, 15) is 18.4 Å². The molecule has 1 fully saturated rings. The number of carbonyl (C=O) groups is 1. The summed E-state index contributed by atoms with van der Waals surface area (Å²) in [5, 5.41) is 2.96. The summed E-state index contributed by atoms with van der Waals surface area (Å²) in [4.78, 5) is 36.9. The van der Waals surface area contributed by atoms with Gasteiger partial charge in [-0.25, -0.2) is 18.7 Å². The molecule has 0 atom stereocenters. The second-order valence-corrected chi connectivity index (χ2v) is 8.80. The van der Waals surface area contributed by atoms with Gasteiger partial charge >= 0.3 is 0 Å². The average molecular weight is 516 g/mol. The minimum Gasteiger partial charge on any atom is -0.357 e. The molecule has 7 nitrogen and oxygen atoms in total. The molecular weight excluding hydrogens is 499 g/mol. The fraction of sp³-hybridized carbons (Fsp3) is 0.167. The van der Waals surface area contributed by atoms with E-state index in [0.717, 1.165) is 38.3 Å². The van der Waals surface area contributed by atoms with Crippen molar-refractivity contribution >= 4 is 51.6 Å². The minimum atomic E-state index is -0.983. The van der Waals surface area contributed by atoms with Crippen LogP contribution in [0.3, 0.4) is 0 Å². The van der Waals surface area contributed by atoms with Gasteiger partial charge in [0.15, 0.2) is 17.3 Å². The fourth-order valence-corrected chi connectivity index (χ4v) is 4.51. The number of halogens is 4. The Morgan fingerprint density at radius 2 is 1.77 bits per heavy atom. The Morgan fingerprint density at radius 3 is 2.46 bits per heavy atom. The normalized spacial score (nSPS) is 13.4. The van der Waals surface area contributed by atoms with Gasteiger partial charge in [0.25, 0.3) is 5.91 Å². The number of aromatic nitrogens is 3. The zero-order chi connectivity index (χ0) is 24.7. The Bertz CT molecular complexity index is 1520. The topological polar surface area (TPSA) is 80.1 Å². The lowest BCUT2D eigenvalue weighted by atomic mass is 10.1. The molecule has 3 aromatic heterocycles. The van der Waals surface area contributed by atoms with Gasteiger partial charge in [0.2, 0.25) is 5.43 Å². The van der Waals surface area contributed by atoms with Crippen LogP contribution in [0.5, 0.6) is 0 Å². The quantitative estimate of drug-likeness (QED) is 0.403. The van der Waals surface area contributed by atoms with E-state index in [4.69, 9.17) is 23.2 Å². The Labute approximate surface area is 207 Å². The molecule has 4 aromatic rings. The molecule has 0 bridgehead atoms. The molecule has 4 heterocycles. The molecule has 1 aromatic carbocycles. The second kappa shape index (κ2) is 9.24. The van der Waals surface area contributed by atoms with E-state index < -0.39 is 23.0 Å². The molecular formula is C24H17Cl2F2N5O2. The number of anilines is 2. The number of hydrogen-bond donors (Lipinski definition) is 1. The van der Waals surface area contributed by atoms with Gasteiger partial charge in [-0.3, -0.25) is 14.2 Å². The molecule has 0 aliphatic carbocycles. The predicted octanol–water partition coefficient (Wildman–Crippen LogP) is 5.22. The summed E-state index contributed by atoms with van der Waals surface area (Å²) in [5.41, 5.74) is -0.736. The molecule has 1 saturated heterocycles. The van der Waals surface area contributed by atoms with E-state index in [1.807, 2.05) is 4.90 Å². The highest BCUT2D eigenvalue weighted by Crippen LogP contribution is 2.30. The lowest BCUT2D eigenvalue weighted by Crippen LogP contribution is -2.25. The SMILES string of the molecule is O=C(Nc1c(Cl)cccc1Cl)c1cn(-c2ncc(F)cc2F)c2nc(N3CCCC3)ccc2c1=O. The van der Waals surface area contributed by atoms with Crippen LogP contribution < -0.4 is 15.6 Å². The Hall–Kier alpha value is -3.56. The van der Waals surface area contributed by atoms with Gasteiger partial charge in [0, 0.05) is 25.4 Å². The number of pyridine rings is 3. The maximum Gasteiger partial charge on any atom is 0.261 e. The zero-order valence-electron chi connectivity index (χ0n) is 18.1. The monoisotopic (exact) mass is 515 g/mol. The van der Waals surface area contributed by atoms with Crippen LogP contribution in [0.2, 0.25) is 10.0 Å². The van der Waals surface area contributed by atoms with Crippen LogP contribution in [-0.2, 0) is 0 Å². The van der Waals surface area contributed by atoms with Crippen LogP contribution >= 0.6 is 23.2 Å². The van der Waals surface area contributed by atoms with Crippen molar-refractivity contribution in [1.29, 1.82) is 0 Å². The van der Waals surface area contributed by atoms with E-state index in [2.05, 4.69) is 15.3 Å². The molecule has 178 valence electrons. The van der Waals surface area contributed by atoms with Crippen molar-refractivity contribution in [2.75, 3.05) is 23.3 Å². The van der Waals surface area contributed by atoms with E-state index in [1.54, 1.807) is 12.1 Å². The smallest absolute Gasteiger partial charge is 0.261 e. The summed E-state index contributed by atoms with van der Waals surface area (Å²) in [6, 6.07) is 8.55. The lowest BCUT2D eigenvalue weighted by Gasteiger charge is -2.18. The second-order valence-electron chi connectivity index (χ2n) is 7.99. The third kappa shape index (κ3) is 4.33. The molecule has 11 heteroatoms. The first-order valence-corrected chi connectivity index (χ1v) is 11.5. The molecule has 35 heavy (non-hydrogen) atoms. The number of hydrogen-bond acceptors (Lipinski definition) is 5. The van der Waals surface area contributed by atoms with E-state index in [-0.39, 0.29) is 38.1 Å². The third-order valence-corrected chi connectivity index (χ3v) is 6.36. The average Bonchev–Trinajstić information content (AvgIpc) is 3.37. The van der Waals surface area contributed by atoms with E-state index >= 15 is 0 Å². The summed E-state index contributed by atoms with van der Waals surface area (Å²) in [5.74, 6) is -2.37. The zero-order valence-corrected chi connectivity index (χ0v) is 19.6. The fourth-order valence-electron chi connectivity index (χ4n) is 4.02. The first kappa shape index (κ1) is 23.2. The van der Waals surface area contributed by atoms with Crippen LogP contribution in [0.1, 0.15) is 23.2 Å². The molecule has 0 unspecified atom stereocenters. The number of para-hydroxylation sites is 1. The van der Waals surface area contributed by atoms with Crippen LogP contribution in [0.25, 0.3) is 16.9 Å². The van der Waals surface area contributed by atoms with Crippen molar-refractivity contribution in [3.05, 3.63) is 86.3 Å². The molecule has 1 amide bonds. The van der Waals surface area contributed by atoms with Crippen LogP contribution in [0, 0.1) is 11.6 Å². The molecule has 1 aliphatic rings.